The Morgan fingerprint density at radius 2 is 1.71 bits per heavy atom. The molecule has 0 aliphatic heterocycles. The summed E-state index contributed by atoms with van der Waals surface area (Å²) in [7, 11) is 0. The summed E-state index contributed by atoms with van der Waals surface area (Å²) in [5, 5.41) is 3.50. The van der Waals surface area contributed by atoms with Gasteiger partial charge in [0.05, 0.1) is 6.42 Å². The number of carbonyl (C=O) groups excluding carboxylic acids is 2. The third kappa shape index (κ3) is 6.10. The molecule has 2 aromatic rings. The van der Waals surface area contributed by atoms with Crippen molar-refractivity contribution < 1.29 is 9.59 Å². The summed E-state index contributed by atoms with van der Waals surface area (Å²) in [6, 6.07) is 14.7. The molecule has 4 nitrogen and oxygen atoms in total. The minimum Gasteiger partial charge on any atom is -0.354 e. The SMILES string of the molecule is CCCCNC(=O)C(C)N(Cc1ccccc1C)C(=O)Cc1ccccc1Cl. The van der Waals surface area contributed by atoms with Crippen molar-refractivity contribution in [2.45, 2.75) is 52.6 Å². The average Bonchev–Trinajstić information content (AvgIpc) is 2.68. The van der Waals surface area contributed by atoms with E-state index in [-0.39, 0.29) is 18.2 Å². The highest BCUT2D eigenvalue weighted by atomic mass is 35.5. The second kappa shape index (κ2) is 10.9. The standard InChI is InChI=1S/C23H29ClN2O2/c1-4-5-14-25-23(28)18(3)26(16-20-12-7-6-10-17(20)2)22(27)15-19-11-8-9-13-21(19)24/h6-13,18H,4-5,14-16H2,1-3H3,(H,25,28). The summed E-state index contributed by atoms with van der Waals surface area (Å²) in [5.74, 6) is -0.246. The smallest absolute Gasteiger partial charge is 0.242 e. The van der Waals surface area contributed by atoms with Crippen molar-refractivity contribution in [3.63, 3.8) is 0 Å². The van der Waals surface area contributed by atoms with E-state index in [1.165, 1.54) is 0 Å². The van der Waals surface area contributed by atoms with Crippen LogP contribution in [0.25, 0.3) is 0 Å². The number of benzene rings is 2. The first-order chi connectivity index (χ1) is 13.4. The number of halogens is 1. The Hall–Kier alpha value is -2.33. The van der Waals surface area contributed by atoms with Gasteiger partial charge in [-0.15, -0.1) is 0 Å². The van der Waals surface area contributed by atoms with Gasteiger partial charge in [-0.1, -0.05) is 67.4 Å². The maximum atomic E-state index is 13.1. The number of unbranched alkanes of at least 4 members (excludes halogenated alkanes) is 1. The van der Waals surface area contributed by atoms with Crippen LogP contribution >= 0.6 is 11.6 Å². The van der Waals surface area contributed by atoms with E-state index in [9.17, 15) is 9.59 Å². The molecule has 0 fully saturated rings. The predicted octanol–water partition coefficient (Wildman–Crippen LogP) is 4.52. The molecule has 1 atom stereocenters. The molecular weight excluding hydrogens is 372 g/mol. The van der Waals surface area contributed by atoms with E-state index in [0.717, 1.165) is 29.5 Å². The molecule has 0 bridgehead atoms. The monoisotopic (exact) mass is 400 g/mol. The summed E-state index contributed by atoms with van der Waals surface area (Å²) in [5.41, 5.74) is 2.89. The van der Waals surface area contributed by atoms with Crippen LogP contribution in [0.4, 0.5) is 0 Å². The molecule has 0 saturated carbocycles. The molecule has 2 aromatic carbocycles. The number of hydrogen-bond donors (Lipinski definition) is 1. The maximum Gasteiger partial charge on any atom is 0.242 e. The van der Waals surface area contributed by atoms with E-state index in [0.29, 0.717) is 18.1 Å². The van der Waals surface area contributed by atoms with Gasteiger partial charge in [0, 0.05) is 18.1 Å². The van der Waals surface area contributed by atoms with Crippen LogP contribution in [0.2, 0.25) is 5.02 Å². The fourth-order valence-electron chi connectivity index (χ4n) is 3.00. The summed E-state index contributed by atoms with van der Waals surface area (Å²) in [4.78, 5) is 27.4. The zero-order valence-electron chi connectivity index (χ0n) is 16.9. The van der Waals surface area contributed by atoms with E-state index in [1.54, 1.807) is 17.9 Å². The Kier molecular flexibility index (Phi) is 8.52. The Bertz CT molecular complexity index is 807. The lowest BCUT2D eigenvalue weighted by Gasteiger charge is -2.29. The van der Waals surface area contributed by atoms with Gasteiger partial charge in [-0.3, -0.25) is 9.59 Å². The molecule has 1 unspecified atom stereocenters. The minimum absolute atomic E-state index is 0.116. The summed E-state index contributed by atoms with van der Waals surface area (Å²) >= 11 is 6.24. The van der Waals surface area contributed by atoms with Crippen LogP contribution in [0.3, 0.4) is 0 Å². The van der Waals surface area contributed by atoms with Crippen molar-refractivity contribution in [2.24, 2.45) is 0 Å². The summed E-state index contributed by atoms with van der Waals surface area (Å²) in [6.07, 6.45) is 2.09. The van der Waals surface area contributed by atoms with Gasteiger partial charge in [-0.25, -0.2) is 0 Å². The Morgan fingerprint density at radius 1 is 1.07 bits per heavy atom. The van der Waals surface area contributed by atoms with Crippen LogP contribution in [0.1, 0.15) is 43.4 Å². The van der Waals surface area contributed by atoms with Crippen LogP contribution < -0.4 is 5.32 Å². The van der Waals surface area contributed by atoms with Gasteiger partial charge in [0.2, 0.25) is 11.8 Å². The second-order valence-corrected chi connectivity index (χ2v) is 7.44. The number of rotatable bonds is 9. The van der Waals surface area contributed by atoms with E-state index in [4.69, 9.17) is 11.6 Å². The second-order valence-electron chi connectivity index (χ2n) is 7.04. The molecular formula is C23H29ClN2O2. The van der Waals surface area contributed by atoms with Gasteiger partial charge in [-0.2, -0.15) is 0 Å². The molecule has 5 heteroatoms. The molecule has 0 saturated heterocycles. The highest BCUT2D eigenvalue weighted by Crippen LogP contribution is 2.19. The fourth-order valence-corrected chi connectivity index (χ4v) is 3.20. The molecule has 0 aromatic heterocycles. The lowest BCUT2D eigenvalue weighted by Crippen LogP contribution is -2.48. The quantitative estimate of drug-likeness (QED) is 0.629. The number of carbonyl (C=O) groups is 2. The zero-order chi connectivity index (χ0) is 20.5. The molecule has 150 valence electrons. The summed E-state index contributed by atoms with van der Waals surface area (Å²) < 4.78 is 0. The Morgan fingerprint density at radius 3 is 2.36 bits per heavy atom. The van der Waals surface area contributed by atoms with E-state index in [1.807, 2.05) is 49.4 Å². The highest BCUT2D eigenvalue weighted by molar-refractivity contribution is 6.31. The lowest BCUT2D eigenvalue weighted by molar-refractivity contribution is -0.140. The predicted molar refractivity (Wildman–Crippen MR) is 114 cm³/mol. The Labute approximate surface area is 172 Å². The number of aryl methyl sites for hydroxylation is 1. The number of nitrogens with one attached hydrogen (secondary N) is 1. The first-order valence-corrected chi connectivity index (χ1v) is 10.2. The van der Waals surface area contributed by atoms with Crippen LogP contribution in [0.15, 0.2) is 48.5 Å². The molecule has 2 amide bonds. The number of amides is 2. The minimum atomic E-state index is -0.563. The third-order valence-electron chi connectivity index (χ3n) is 4.90. The molecule has 0 aliphatic rings. The summed E-state index contributed by atoms with van der Waals surface area (Å²) in [6.45, 7) is 6.88. The topological polar surface area (TPSA) is 49.4 Å². The average molecular weight is 401 g/mol. The van der Waals surface area contributed by atoms with E-state index >= 15 is 0 Å². The van der Waals surface area contributed by atoms with Crippen molar-refractivity contribution in [3.05, 3.63) is 70.2 Å². The van der Waals surface area contributed by atoms with E-state index in [2.05, 4.69) is 12.2 Å². The van der Waals surface area contributed by atoms with Gasteiger partial charge in [0.1, 0.15) is 6.04 Å². The van der Waals surface area contributed by atoms with E-state index < -0.39 is 6.04 Å². The molecule has 1 N–H and O–H groups in total. The first-order valence-electron chi connectivity index (χ1n) is 9.79. The third-order valence-corrected chi connectivity index (χ3v) is 5.27. The van der Waals surface area contributed by atoms with Gasteiger partial charge >= 0.3 is 0 Å². The molecule has 0 spiro atoms. The normalized spacial score (nSPS) is 11.7. The van der Waals surface area contributed by atoms with Crippen molar-refractivity contribution >= 4 is 23.4 Å². The zero-order valence-corrected chi connectivity index (χ0v) is 17.6. The molecule has 0 radical (unpaired) electrons. The Balaban J connectivity index is 2.22. The first kappa shape index (κ1) is 22.0. The van der Waals surface area contributed by atoms with Crippen LogP contribution in [-0.4, -0.2) is 29.3 Å². The van der Waals surface area contributed by atoms with Crippen molar-refractivity contribution in [1.29, 1.82) is 0 Å². The molecule has 28 heavy (non-hydrogen) atoms. The van der Waals surface area contributed by atoms with Crippen molar-refractivity contribution in [3.8, 4) is 0 Å². The van der Waals surface area contributed by atoms with Gasteiger partial charge in [-0.05, 0) is 43.0 Å². The van der Waals surface area contributed by atoms with Crippen LogP contribution in [-0.2, 0) is 22.6 Å². The molecule has 2 rings (SSSR count). The van der Waals surface area contributed by atoms with Crippen molar-refractivity contribution in [1.82, 2.24) is 10.2 Å². The van der Waals surface area contributed by atoms with Gasteiger partial charge in [0.25, 0.3) is 0 Å². The number of hydrogen-bond acceptors (Lipinski definition) is 2. The van der Waals surface area contributed by atoms with Crippen LogP contribution in [0, 0.1) is 6.92 Å². The van der Waals surface area contributed by atoms with Crippen molar-refractivity contribution in [2.75, 3.05) is 6.54 Å². The largest absolute Gasteiger partial charge is 0.354 e. The molecule has 0 aliphatic carbocycles. The van der Waals surface area contributed by atoms with Gasteiger partial charge in [0.15, 0.2) is 0 Å². The fraction of sp³-hybridized carbons (Fsp3) is 0.391. The lowest BCUT2D eigenvalue weighted by atomic mass is 10.1. The van der Waals surface area contributed by atoms with Crippen LogP contribution in [0.5, 0.6) is 0 Å². The highest BCUT2D eigenvalue weighted by Gasteiger charge is 2.26. The maximum absolute atomic E-state index is 13.1. The molecule has 0 heterocycles. The van der Waals surface area contributed by atoms with Gasteiger partial charge < -0.3 is 10.2 Å². The number of nitrogens with zero attached hydrogens (tertiary/aromatic N) is 1.